The summed E-state index contributed by atoms with van der Waals surface area (Å²) in [6.07, 6.45) is 2.38. The topological polar surface area (TPSA) is 80.8 Å². The first-order valence-corrected chi connectivity index (χ1v) is 8.01. The lowest BCUT2D eigenvalue weighted by Crippen LogP contribution is -2.43. The van der Waals surface area contributed by atoms with Crippen molar-refractivity contribution >= 4 is 12.4 Å². The minimum absolute atomic E-state index is 0.0434. The van der Waals surface area contributed by atoms with Crippen LogP contribution in [0.15, 0.2) is 41.9 Å². The number of hydrogen-bond acceptors (Lipinski definition) is 6. The number of pyridine rings is 1. The molecule has 8 heteroatoms. The number of rotatable bonds is 5. The van der Waals surface area contributed by atoms with E-state index < -0.39 is 18.0 Å². The van der Waals surface area contributed by atoms with Crippen molar-refractivity contribution in [2.24, 2.45) is 0 Å². The van der Waals surface area contributed by atoms with Crippen molar-refractivity contribution in [3.8, 4) is 5.88 Å². The molecule has 2 rings (SSSR count). The molecule has 1 aliphatic heterocycles. The van der Waals surface area contributed by atoms with Crippen molar-refractivity contribution in [2.45, 2.75) is 39.2 Å². The predicted octanol–water partition coefficient (Wildman–Crippen LogP) is 2.69. The molecule has 0 saturated carbocycles. The van der Waals surface area contributed by atoms with Crippen LogP contribution in [0, 0.1) is 0 Å². The Hall–Kier alpha value is -2.90. The molecule has 2 heterocycles. The number of carbonyl (C=O) groups is 2. The number of ether oxygens (including phenoxy) is 2. The first-order chi connectivity index (χ1) is 12.2. The number of alkyl halides is 1. The fraction of sp³-hybridized carbons (Fsp3) is 0.389. The molecule has 26 heavy (non-hydrogen) atoms. The van der Waals surface area contributed by atoms with Crippen LogP contribution >= 0.6 is 0 Å². The number of halogens is 1. The van der Waals surface area contributed by atoms with Gasteiger partial charge in [-0.05, 0) is 39.0 Å². The molecule has 1 N–H and O–H groups in total. The maximum atomic E-state index is 14.1. The molecule has 0 aromatic carbocycles. The second-order valence-corrected chi connectivity index (χ2v) is 6.58. The molecule has 0 saturated heterocycles. The average molecular weight is 363 g/mol. The number of nitrogens with zero attached hydrogens (tertiary/aromatic N) is 2. The number of amides is 1. The van der Waals surface area contributed by atoms with Crippen molar-refractivity contribution in [3.05, 3.63) is 47.4 Å². The molecule has 0 bridgehead atoms. The van der Waals surface area contributed by atoms with E-state index in [1.165, 1.54) is 24.2 Å². The molecule has 140 valence electrons. The van der Waals surface area contributed by atoms with Crippen LogP contribution in [-0.2, 0) is 16.1 Å². The summed E-state index contributed by atoms with van der Waals surface area (Å²) in [5.41, 5.74) is -0.177. The predicted molar refractivity (Wildman–Crippen MR) is 92.8 cm³/mol. The number of carbonyl (C=O) groups excluding carboxylic acids is 2. The van der Waals surface area contributed by atoms with Gasteiger partial charge in [0, 0.05) is 17.3 Å². The highest BCUT2D eigenvalue weighted by atomic mass is 19.1. The second kappa shape index (κ2) is 7.99. The van der Waals surface area contributed by atoms with Crippen molar-refractivity contribution in [1.29, 1.82) is 0 Å². The standard InChI is InChI=1S/C18H22FN3O4/c1-18(2,3)26-17(24)22(10-12-6-5-9-20-16(12)25-4)14-8-7-13(11-23)15(19)21-14/h5-9,11,15,21H,10H2,1-4H3. The summed E-state index contributed by atoms with van der Waals surface area (Å²) in [7, 11) is 1.47. The maximum absolute atomic E-state index is 14.1. The van der Waals surface area contributed by atoms with Gasteiger partial charge < -0.3 is 14.8 Å². The normalized spacial score (nSPS) is 16.7. The van der Waals surface area contributed by atoms with E-state index in [9.17, 15) is 14.0 Å². The highest BCUT2D eigenvalue weighted by Crippen LogP contribution is 2.23. The molecule has 0 fully saturated rings. The fourth-order valence-corrected chi connectivity index (χ4v) is 2.25. The van der Waals surface area contributed by atoms with E-state index in [1.54, 1.807) is 39.1 Å². The molecule has 1 aromatic rings. The third kappa shape index (κ3) is 4.81. The quantitative estimate of drug-likeness (QED) is 0.640. The minimum Gasteiger partial charge on any atom is -0.481 e. The Bertz CT molecular complexity index is 740. The number of hydrogen-bond donors (Lipinski definition) is 1. The lowest BCUT2D eigenvalue weighted by atomic mass is 10.2. The van der Waals surface area contributed by atoms with Crippen LogP contribution in [0.1, 0.15) is 26.3 Å². The van der Waals surface area contributed by atoms with E-state index in [4.69, 9.17) is 9.47 Å². The number of aromatic nitrogens is 1. The van der Waals surface area contributed by atoms with E-state index in [1.807, 2.05) is 0 Å². The lowest BCUT2D eigenvalue weighted by Gasteiger charge is -2.31. The monoisotopic (exact) mass is 363 g/mol. The summed E-state index contributed by atoms with van der Waals surface area (Å²) in [6.45, 7) is 5.25. The Balaban J connectivity index is 2.36. The summed E-state index contributed by atoms with van der Waals surface area (Å²) < 4.78 is 24.7. The zero-order valence-electron chi connectivity index (χ0n) is 15.2. The lowest BCUT2D eigenvalue weighted by molar-refractivity contribution is -0.105. The van der Waals surface area contributed by atoms with Crippen molar-refractivity contribution in [3.63, 3.8) is 0 Å². The number of aldehydes is 1. The fourth-order valence-electron chi connectivity index (χ4n) is 2.25. The van der Waals surface area contributed by atoms with Gasteiger partial charge in [0.2, 0.25) is 5.88 Å². The third-order valence-corrected chi connectivity index (χ3v) is 3.41. The van der Waals surface area contributed by atoms with Crippen LogP contribution in [0.25, 0.3) is 0 Å². The molecule has 0 radical (unpaired) electrons. The summed E-state index contributed by atoms with van der Waals surface area (Å²) in [4.78, 5) is 28.8. The van der Waals surface area contributed by atoms with E-state index in [0.717, 1.165) is 0 Å². The highest BCUT2D eigenvalue weighted by Gasteiger charge is 2.29. The summed E-state index contributed by atoms with van der Waals surface area (Å²) in [6, 6.07) is 3.45. The van der Waals surface area contributed by atoms with E-state index >= 15 is 0 Å². The number of methoxy groups -OCH3 is 1. The van der Waals surface area contributed by atoms with Crippen LogP contribution in [0.4, 0.5) is 9.18 Å². The first kappa shape index (κ1) is 19.4. The molecular weight excluding hydrogens is 341 g/mol. The molecule has 1 aromatic heterocycles. The summed E-state index contributed by atoms with van der Waals surface area (Å²) in [5, 5.41) is 2.50. The van der Waals surface area contributed by atoms with Crippen molar-refractivity contribution in [2.75, 3.05) is 7.11 Å². The molecule has 0 spiro atoms. The molecule has 0 aliphatic carbocycles. The molecule has 7 nitrogen and oxygen atoms in total. The Morgan fingerprint density at radius 1 is 1.42 bits per heavy atom. The van der Waals surface area contributed by atoms with Gasteiger partial charge in [-0.2, -0.15) is 0 Å². The highest BCUT2D eigenvalue weighted by molar-refractivity contribution is 5.76. The Morgan fingerprint density at radius 3 is 2.73 bits per heavy atom. The zero-order valence-corrected chi connectivity index (χ0v) is 15.2. The van der Waals surface area contributed by atoms with Gasteiger partial charge in [-0.3, -0.25) is 9.69 Å². The summed E-state index contributed by atoms with van der Waals surface area (Å²) in [5.74, 6) is 0.515. The van der Waals surface area contributed by atoms with Crippen LogP contribution < -0.4 is 10.1 Å². The molecule has 1 aliphatic rings. The molecule has 1 atom stereocenters. The van der Waals surface area contributed by atoms with Gasteiger partial charge in [0.15, 0.2) is 12.6 Å². The van der Waals surface area contributed by atoms with Crippen molar-refractivity contribution in [1.82, 2.24) is 15.2 Å². The van der Waals surface area contributed by atoms with Crippen LogP contribution in [0.2, 0.25) is 0 Å². The van der Waals surface area contributed by atoms with Crippen LogP contribution in [0.3, 0.4) is 0 Å². The van der Waals surface area contributed by atoms with Crippen LogP contribution in [0.5, 0.6) is 5.88 Å². The van der Waals surface area contributed by atoms with E-state index in [2.05, 4.69) is 10.3 Å². The van der Waals surface area contributed by atoms with Gasteiger partial charge >= 0.3 is 6.09 Å². The van der Waals surface area contributed by atoms with Crippen LogP contribution in [-0.4, -0.2) is 41.3 Å². The zero-order chi connectivity index (χ0) is 19.3. The number of dihydropyridines is 1. The van der Waals surface area contributed by atoms with Gasteiger partial charge in [0.1, 0.15) is 11.4 Å². The van der Waals surface area contributed by atoms with E-state index in [-0.39, 0.29) is 17.9 Å². The van der Waals surface area contributed by atoms with Gasteiger partial charge in [-0.25, -0.2) is 14.2 Å². The van der Waals surface area contributed by atoms with Gasteiger partial charge in [0.25, 0.3) is 0 Å². The van der Waals surface area contributed by atoms with Gasteiger partial charge in [0.05, 0.1) is 13.7 Å². The summed E-state index contributed by atoms with van der Waals surface area (Å²) >= 11 is 0. The Kier molecular flexibility index (Phi) is 5.97. The molecule has 1 amide bonds. The number of nitrogens with one attached hydrogen (secondary N) is 1. The number of allylic oxidation sites excluding steroid dienone is 2. The Labute approximate surface area is 151 Å². The van der Waals surface area contributed by atoms with Crippen molar-refractivity contribution < 1.29 is 23.5 Å². The second-order valence-electron chi connectivity index (χ2n) is 6.58. The smallest absolute Gasteiger partial charge is 0.416 e. The Morgan fingerprint density at radius 2 is 2.15 bits per heavy atom. The average Bonchev–Trinajstić information content (AvgIpc) is 2.58. The van der Waals surface area contributed by atoms with E-state index in [0.29, 0.717) is 17.7 Å². The largest absolute Gasteiger partial charge is 0.481 e. The molecule has 1 unspecified atom stereocenters. The SMILES string of the molecule is COc1ncccc1CN(C(=O)OC(C)(C)C)C1=CC=C(C=O)C(F)N1. The first-order valence-electron chi connectivity index (χ1n) is 8.01. The van der Waals surface area contributed by atoms with Gasteiger partial charge in [-0.15, -0.1) is 0 Å². The molecular formula is C18H22FN3O4. The minimum atomic E-state index is -1.71. The van der Waals surface area contributed by atoms with Gasteiger partial charge in [-0.1, -0.05) is 6.07 Å². The maximum Gasteiger partial charge on any atom is 0.416 e. The third-order valence-electron chi connectivity index (χ3n) is 3.41.